The number of esters is 1. The minimum atomic E-state index is -0.385. The van der Waals surface area contributed by atoms with E-state index in [1.54, 1.807) is 54.7 Å². The van der Waals surface area contributed by atoms with Crippen LogP contribution in [-0.2, 0) is 11.3 Å². The molecule has 0 saturated carbocycles. The van der Waals surface area contributed by atoms with E-state index < -0.39 is 0 Å². The number of hydrogen-bond donors (Lipinski definition) is 0. The van der Waals surface area contributed by atoms with Gasteiger partial charge in [-0.05, 0) is 48.0 Å². The van der Waals surface area contributed by atoms with Gasteiger partial charge in [0.1, 0.15) is 23.9 Å². The lowest BCUT2D eigenvalue weighted by Gasteiger charge is -2.10. The van der Waals surface area contributed by atoms with Gasteiger partial charge < -0.3 is 14.2 Å². The highest BCUT2D eigenvalue weighted by molar-refractivity contribution is 5.89. The smallest absolute Gasteiger partial charge is 0.337 e. The third-order valence-electron chi connectivity index (χ3n) is 3.74. The van der Waals surface area contributed by atoms with Crippen LogP contribution in [-0.4, -0.2) is 24.3 Å². The van der Waals surface area contributed by atoms with E-state index in [-0.39, 0.29) is 5.97 Å². The summed E-state index contributed by atoms with van der Waals surface area (Å²) in [5.74, 6) is 1.28. The third kappa shape index (κ3) is 4.70. The number of pyridine rings is 1. The van der Waals surface area contributed by atoms with Crippen molar-refractivity contribution in [2.24, 2.45) is 0 Å². The van der Waals surface area contributed by atoms with Crippen LogP contribution >= 0.6 is 0 Å². The van der Waals surface area contributed by atoms with Crippen molar-refractivity contribution in [2.75, 3.05) is 7.11 Å². The van der Waals surface area contributed by atoms with E-state index >= 15 is 0 Å². The summed E-state index contributed by atoms with van der Waals surface area (Å²) in [6.45, 7) is 0.310. The largest absolute Gasteiger partial charge is 0.489 e. The quantitative estimate of drug-likeness (QED) is 0.466. The Morgan fingerprint density at radius 2 is 1.85 bits per heavy atom. The van der Waals surface area contributed by atoms with Gasteiger partial charge in [-0.1, -0.05) is 12.1 Å². The molecule has 0 N–H and O–H groups in total. The Kier molecular flexibility index (Phi) is 5.79. The normalized spacial score (nSPS) is 10.1. The highest BCUT2D eigenvalue weighted by Crippen LogP contribution is 2.26. The molecule has 0 fully saturated rings. The number of methoxy groups -OCH3 is 1. The molecule has 0 amide bonds. The van der Waals surface area contributed by atoms with Crippen LogP contribution in [0.25, 0.3) is 0 Å². The number of carbonyl (C=O) groups excluding carboxylic acids is 2. The maximum absolute atomic E-state index is 11.6. The fourth-order valence-electron chi connectivity index (χ4n) is 2.38. The number of aldehydes is 1. The number of carbonyl (C=O) groups is 2. The number of benzene rings is 2. The average Bonchev–Trinajstić information content (AvgIpc) is 2.73. The predicted octanol–water partition coefficient (Wildman–Crippen LogP) is 4.05. The molecule has 27 heavy (non-hydrogen) atoms. The van der Waals surface area contributed by atoms with E-state index in [1.807, 2.05) is 6.07 Å². The summed E-state index contributed by atoms with van der Waals surface area (Å²) in [4.78, 5) is 26.5. The maximum Gasteiger partial charge on any atom is 0.337 e. The Morgan fingerprint density at radius 3 is 2.59 bits per heavy atom. The van der Waals surface area contributed by atoms with Crippen molar-refractivity contribution in [2.45, 2.75) is 6.61 Å². The first kappa shape index (κ1) is 18.1. The molecular weight excluding hydrogens is 346 g/mol. The zero-order chi connectivity index (χ0) is 19.1. The molecule has 0 aliphatic heterocycles. The van der Waals surface area contributed by atoms with Gasteiger partial charge in [0.2, 0.25) is 0 Å². The average molecular weight is 363 g/mol. The Balaban J connectivity index is 1.63. The zero-order valence-electron chi connectivity index (χ0n) is 14.6. The Bertz CT molecular complexity index is 937. The van der Waals surface area contributed by atoms with Crippen molar-refractivity contribution in [3.63, 3.8) is 0 Å². The molecule has 2 aromatic carbocycles. The topological polar surface area (TPSA) is 74.7 Å². The molecule has 0 aliphatic rings. The molecule has 0 unspecified atom stereocenters. The van der Waals surface area contributed by atoms with Gasteiger partial charge in [0.25, 0.3) is 0 Å². The van der Waals surface area contributed by atoms with Crippen LogP contribution in [0.4, 0.5) is 0 Å². The highest BCUT2D eigenvalue weighted by Gasteiger charge is 2.07. The van der Waals surface area contributed by atoms with Crippen molar-refractivity contribution in [1.82, 2.24) is 4.98 Å². The molecule has 3 rings (SSSR count). The van der Waals surface area contributed by atoms with Crippen LogP contribution in [0.1, 0.15) is 26.3 Å². The fourth-order valence-corrected chi connectivity index (χ4v) is 2.38. The second kappa shape index (κ2) is 8.62. The van der Waals surface area contributed by atoms with E-state index in [2.05, 4.69) is 4.98 Å². The van der Waals surface area contributed by atoms with Crippen LogP contribution in [0.2, 0.25) is 0 Å². The first-order valence-electron chi connectivity index (χ1n) is 8.17. The summed E-state index contributed by atoms with van der Waals surface area (Å²) < 4.78 is 16.1. The summed E-state index contributed by atoms with van der Waals surface area (Å²) in [7, 11) is 1.35. The second-order valence-corrected chi connectivity index (χ2v) is 5.59. The molecule has 6 nitrogen and oxygen atoms in total. The Hall–Kier alpha value is -3.67. The lowest BCUT2D eigenvalue weighted by atomic mass is 10.1. The van der Waals surface area contributed by atoms with E-state index in [4.69, 9.17) is 14.2 Å². The zero-order valence-corrected chi connectivity index (χ0v) is 14.6. The Morgan fingerprint density at radius 1 is 1.07 bits per heavy atom. The molecule has 0 atom stereocenters. The third-order valence-corrected chi connectivity index (χ3v) is 3.74. The molecule has 0 aliphatic carbocycles. The van der Waals surface area contributed by atoms with Gasteiger partial charge >= 0.3 is 5.97 Å². The van der Waals surface area contributed by atoms with Crippen LogP contribution in [0.15, 0.2) is 67.0 Å². The number of nitrogens with zero attached hydrogens (tertiary/aromatic N) is 1. The van der Waals surface area contributed by atoms with Gasteiger partial charge in [0, 0.05) is 12.4 Å². The van der Waals surface area contributed by atoms with E-state index in [0.717, 1.165) is 5.56 Å². The van der Waals surface area contributed by atoms with Crippen LogP contribution in [0, 0.1) is 0 Å². The molecular formula is C21H17NO5. The molecule has 1 aromatic heterocycles. The van der Waals surface area contributed by atoms with Gasteiger partial charge in [-0.2, -0.15) is 0 Å². The maximum atomic E-state index is 11.6. The minimum Gasteiger partial charge on any atom is -0.489 e. The standard InChI is InChI=1S/C21H17NO5/c1-25-21(24)16-4-2-3-15(11-16)14-26-18-5-7-19(8-6-18)27-20-9-10-22-12-17(20)13-23/h2-13H,14H2,1H3. The van der Waals surface area contributed by atoms with Gasteiger partial charge in [-0.3, -0.25) is 9.78 Å². The van der Waals surface area contributed by atoms with Crippen LogP contribution < -0.4 is 9.47 Å². The highest BCUT2D eigenvalue weighted by atomic mass is 16.5. The lowest BCUT2D eigenvalue weighted by Crippen LogP contribution is -2.03. The SMILES string of the molecule is COC(=O)c1cccc(COc2ccc(Oc3ccncc3C=O)cc2)c1. The molecule has 136 valence electrons. The molecule has 6 heteroatoms. The van der Waals surface area contributed by atoms with Crippen molar-refractivity contribution in [3.05, 3.63) is 83.7 Å². The monoisotopic (exact) mass is 363 g/mol. The molecule has 1 heterocycles. The van der Waals surface area contributed by atoms with Gasteiger partial charge in [-0.25, -0.2) is 4.79 Å². The van der Waals surface area contributed by atoms with Gasteiger partial charge in [0.15, 0.2) is 6.29 Å². The van der Waals surface area contributed by atoms with Crippen LogP contribution in [0.5, 0.6) is 17.2 Å². The molecule has 0 bridgehead atoms. The van der Waals surface area contributed by atoms with E-state index in [9.17, 15) is 9.59 Å². The number of ether oxygens (including phenoxy) is 3. The molecule has 0 radical (unpaired) electrons. The summed E-state index contributed by atoms with van der Waals surface area (Å²) >= 11 is 0. The van der Waals surface area contributed by atoms with Gasteiger partial charge in [0.05, 0.1) is 18.2 Å². The van der Waals surface area contributed by atoms with E-state index in [0.29, 0.717) is 41.3 Å². The second-order valence-electron chi connectivity index (χ2n) is 5.59. The first-order chi connectivity index (χ1) is 13.2. The molecule has 0 saturated heterocycles. The first-order valence-corrected chi connectivity index (χ1v) is 8.17. The Labute approximate surface area is 156 Å². The van der Waals surface area contributed by atoms with E-state index in [1.165, 1.54) is 13.3 Å². The van der Waals surface area contributed by atoms with Crippen molar-refractivity contribution >= 4 is 12.3 Å². The molecule has 0 spiro atoms. The van der Waals surface area contributed by atoms with Crippen molar-refractivity contribution < 1.29 is 23.8 Å². The summed E-state index contributed by atoms with van der Waals surface area (Å²) in [6, 6.07) is 15.7. The predicted molar refractivity (Wildman–Crippen MR) is 98.3 cm³/mol. The summed E-state index contributed by atoms with van der Waals surface area (Å²) in [5, 5.41) is 0. The minimum absolute atomic E-state index is 0.310. The summed E-state index contributed by atoms with van der Waals surface area (Å²) in [5.41, 5.74) is 1.71. The fraction of sp³-hybridized carbons (Fsp3) is 0.0952. The molecule has 3 aromatic rings. The lowest BCUT2D eigenvalue weighted by molar-refractivity contribution is 0.0600. The van der Waals surface area contributed by atoms with Crippen molar-refractivity contribution in [1.29, 1.82) is 0 Å². The number of hydrogen-bond acceptors (Lipinski definition) is 6. The number of aromatic nitrogens is 1. The van der Waals surface area contributed by atoms with Crippen LogP contribution in [0.3, 0.4) is 0 Å². The van der Waals surface area contributed by atoms with Crippen molar-refractivity contribution in [3.8, 4) is 17.2 Å². The number of rotatable bonds is 7. The van der Waals surface area contributed by atoms with Gasteiger partial charge in [-0.15, -0.1) is 0 Å². The summed E-state index contributed by atoms with van der Waals surface area (Å²) in [6.07, 6.45) is 3.70.